The van der Waals surface area contributed by atoms with Gasteiger partial charge in [0.2, 0.25) is 0 Å². The molecule has 0 aliphatic heterocycles. The zero-order valence-corrected chi connectivity index (χ0v) is 12.1. The molecule has 2 unspecified atom stereocenters. The Balaban J connectivity index is 4.07. The Hall–Kier alpha value is -0.0900. The van der Waals surface area contributed by atoms with E-state index >= 15 is 0 Å². The van der Waals surface area contributed by atoms with Crippen molar-refractivity contribution in [3.8, 4) is 0 Å². The van der Waals surface area contributed by atoms with E-state index in [2.05, 4.69) is 26.1 Å². The molecule has 4 heteroatoms. The van der Waals surface area contributed by atoms with E-state index in [4.69, 9.17) is 0 Å². The maximum atomic E-state index is 11.4. The zero-order chi connectivity index (χ0) is 12.8. The molecule has 0 aromatic heterocycles. The second-order valence-electron chi connectivity index (χ2n) is 4.88. The van der Waals surface area contributed by atoms with Crippen molar-refractivity contribution in [2.45, 2.75) is 46.6 Å². The van der Waals surface area contributed by atoms with Gasteiger partial charge in [0.05, 0.1) is 5.75 Å². The Kier molecular flexibility index (Phi) is 7.24. The molecule has 0 aliphatic rings. The number of sulfone groups is 1. The maximum Gasteiger partial charge on any atom is 0.150 e. The molecule has 16 heavy (non-hydrogen) atoms. The molecule has 0 amide bonds. The van der Waals surface area contributed by atoms with Gasteiger partial charge < -0.3 is 5.32 Å². The molecule has 0 spiro atoms. The van der Waals surface area contributed by atoms with Gasteiger partial charge in [-0.1, -0.05) is 27.7 Å². The van der Waals surface area contributed by atoms with Crippen molar-refractivity contribution in [3.05, 3.63) is 0 Å². The third-order valence-electron chi connectivity index (χ3n) is 3.47. The fraction of sp³-hybridized carbons (Fsp3) is 1.00. The van der Waals surface area contributed by atoms with Crippen LogP contribution in [-0.4, -0.2) is 33.0 Å². The highest BCUT2D eigenvalue weighted by Crippen LogP contribution is 2.18. The summed E-state index contributed by atoms with van der Waals surface area (Å²) >= 11 is 0. The van der Waals surface area contributed by atoms with E-state index in [-0.39, 0.29) is 5.75 Å². The van der Waals surface area contributed by atoms with Crippen LogP contribution in [0, 0.1) is 11.8 Å². The van der Waals surface area contributed by atoms with Crippen LogP contribution in [0.15, 0.2) is 0 Å². The lowest BCUT2D eigenvalue weighted by molar-refractivity contribution is 0.297. The fourth-order valence-electron chi connectivity index (χ4n) is 1.80. The number of hydrogen-bond acceptors (Lipinski definition) is 3. The predicted octanol–water partition coefficient (Wildman–Crippen LogP) is 2.08. The quantitative estimate of drug-likeness (QED) is 0.716. The van der Waals surface area contributed by atoms with Crippen LogP contribution in [-0.2, 0) is 9.84 Å². The minimum atomic E-state index is -2.80. The average molecular weight is 249 g/mol. The highest BCUT2D eigenvalue weighted by Gasteiger charge is 2.19. The zero-order valence-electron chi connectivity index (χ0n) is 11.3. The molecule has 0 rings (SSSR count). The first-order chi connectivity index (χ1) is 7.34. The topological polar surface area (TPSA) is 46.2 Å². The number of hydrogen-bond donors (Lipinski definition) is 1. The van der Waals surface area contributed by atoms with Crippen LogP contribution in [0.5, 0.6) is 0 Å². The van der Waals surface area contributed by atoms with Crippen LogP contribution in [0.2, 0.25) is 0 Å². The Morgan fingerprint density at radius 1 is 1.19 bits per heavy atom. The molecule has 0 aliphatic carbocycles. The van der Waals surface area contributed by atoms with Gasteiger partial charge in [-0.05, 0) is 31.7 Å². The highest BCUT2D eigenvalue weighted by atomic mass is 32.2. The lowest BCUT2D eigenvalue weighted by atomic mass is 9.88. The molecular weight excluding hydrogens is 222 g/mol. The van der Waals surface area contributed by atoms with E-state index < -0.39 is 9.84 Å². The van der Waals surface area contributed by atoms with Gasteiger partial charge >= 0.3 is 0 Å². The molecule has 0 radical (unpaired) electrons. The molecule has 0 saturated carbocycles. The SMILES string of the molecule is CCS(=O)(=O)CCCC(NC)C(C)C(C)C. The number of rotatable bonds is 8. The maximum absolute atomic E-state index is 11.4. The van der Waals surface area contributed by atoms with Crippen LogP contribution < -0.4 is 5.32 Å². The Morgan fingerprint density at radius 3 is 2.12 bits per heavy atom. The van der Waals surface area contributed by atoms with E-state index in [0.717, 1.165) is 12.8 Å². The van der Waals surface area contributed by atoms with Gasteiger partial charge in [0.15, 0.2) is 0 Å². The van der Waals surface area contributed by atoms with Crippen molar-refractivity contribution in [2.24, 2.45) is 11.8 Å². The molecule has 0 fully saturated rings. The monoisotopic (exact) mass is 249 g/mol. The van der Waals surface area contributed by atoms with E-state index in [9.17, 15) is 8.42 Å². The van der Waals surface area contributed by atoms with Crippen LogP contribution in [0.25, 0.3) is 0 Å². The third kappa shape index (κ3) is 5.85. The standard InChI is InChI=1S/C12H27NO2S/c1-6-16(14,15)9-7-8-12(13-5)11(4)10(2)3/h10-13H,6-9H2,1-5H3. The van der Waals surface area contributed by atoms with Gasteiger partial charge in [0.25, 0.3) is 0 Å². The first-order valence-corrected chi connectivity index (χ1v) is 8.03. The number of nitrogens with one attached hydrogen (secondary N) is 1. The largest absolute Gasteiger partial charge is 0.317 e. The summed E-state index contributed by atoms with van der Waals surface area (Å²) in [4.78, 5) is 0. The molecule has 1 N–H and O–H groups in total. The van der Waals surface area contributed by atoms with Crippen LogP contribution in [0.1, 0.15) is 40.5 Å². The first kappa shape index (κ1) is 15.9. The highest BCUT2D eigenvalue weighted by molar-refractivity contribution is 7.91. The van der Waals surface area contributed by atoms with Crippen molar-refractivity contribution >= 4 is 9.84 Å². The summed E-state index contributed by atoms with van der Waals surface area (Å²) in [7, 11) is -0.841. The van der Waals surface area contributed by atoms with Gasteiger partial charge in [-0.3, -0.25) is 0 Å². The van der Waals surface area contributed by atoms with Crippen molar-refractivity contribution < 1.29 is 8.42 Å². The molecule has 3 nitrogen and oxygen atoms in total. The second kappa shape index (κ2) is 7.28. The van der Waals surface area contributed by atoms with Crippen molar-refractivity contribution in [1.82, 2.24) is 5.32 Å². The Morgan fingerprint density at radius 2 is 1.75 bits per heavy atom. The smallest absolute Gasteiger partial charge is 0.150 e. The van der Waals surface area contributed by atoms with Crippen molar-refractivity contribution in [1.29, 1.82) is 0 Å². The van der Waals surface area contributed by atoms with Gasteiger partial charge in [-0.2, -0.15) is 0 Å². The molecule has 98 valence electrons. The molecule has 2 atom stereocenters. The first-order valence-electron chi connectivity index (χ1n) is 6.21. The molecule has 0 heterocycles. The summed E-state index contributed by atoms with van der Waals surface area (Å²) in [5.41, 5.74) is 0. The summed E-state index contributed by atoms with van der Waals surface area (Å²) in [5.74, 6) is 1.79. The van der Waals surface area contributed by atoms with Gasteiger partial charge in [-0.25, -0.2) is 8.42 Å². The van der Waals surface area contributed by atoms with Crippen LogP contribution >= 0.6 is 0 Å². The summed E-state index contributed by atoms with van der Waals surface area (Å²) in [6.07, 6.45) is 1.70. The summed E-state index contributed by atoms with van der Waals surface area (Å²) < 4.78 is 22.7. The lowest BCUT2D eigenvalue weighted by Crippen LogP contribution is -2.35. The molecule has 0 aromatic rings. The molecule has 0 bridgehead atoms. The third-order valence-corrected chi connectivity index (χ3v) is 5.26. The van der Waals surface area contributed by atoms with Gasteiger partial charge in [0, 0.05) is 11.8 Å². The molecular formula is C12H27NO2S. The summed E-state index contributed by atoms with van der Waals surface area (Å²) in [5, 5.41) is 3.29. The Labute approximate surface area is 101 Å². The van der Waals surface area contributed by atoms with Crippen molar-refractivity contribution in [2.75, 3.05) is 18.6 Å². The van der Waals surface area contributed by atoms with E-state index in [0.29, 0.717) is 23.6 Å². The normalized spacial score (nSPS) is 16.4. The second-order valence-corrected chi connectivity index (χ2v) is 7.35. The lowest BCUT2D eigenvalue weighted by Gasteiger charge is -2.26. The van der Waals surface area contributed by atoms with E-state index in [1.54, 1.807) is 6.92 Å². The predicted molar refractivity (Wildman–Crippen MR) is 70.4 cm³/mol. The van der Waals surface area contributed by atoms with Crippen molar-refractivity contribution in [3.63, 3.8) is 0 Å². The minimum Gasteiger partial charge on any atom is -0.317 e. The van der Waals surface area contributed by atoms with E-state index in [1.807, 2.05) is 7.05 Å². The minimum absolute atomic E-state index is 0.261. The average Bonchev–Trinajstić information content (AvgIpc) is 2.23. The fourth-order valence-corrected chi connectivity index (χ4v) is 2.70. The van der Waals surface area contributed by atoms with Crippen LogP contribution in [0.3, 0.4) is 0 Å². The van der Waals surface area contributed by atoms with Gasteiger partial charge in [0.1, 0.15) is 9.84 Å². The van der Waals surface area contributed by atoms with E-state index in [1.165, 1.54) is 0 Å². The molecule has 0 saturated heterocycles. The molecule has 0 aromatic carbocycles. The van der Waals surface area contributed by atoms with Gasteiger partial charge in [-0.15, -0.1) is 0 Å². The Bertz CT molecular complexity index is 273. The van der Waals surface area contributed by atoms with Crippen LogP contribution in [0.4, 0.5) is 0 Å². The summed E-state index contributed by atoms with van der Waals surface area (Å²) in [6.45, 7) is 8.34. The summed E-state index contributed by atoms with van der Waals surface area (Å²) in [6, 6.07) is 0.423.